The highest BCUT2D eigenvalue weighted by molar-refractivity contribution is 9.10. The van der Waals surface area contributed by atoms with Crippen molar-refractivity contribution in [2.24, 2.45) is 0 Å². The van der Waals surface area contributed by atoms with E-state index >= 15 is 0 Å². The Balaban J connectivity index is 1.52. The number of hydrogen-bond donors (Lipinski definition) is 0. The van der Waals surface area contributed by atoms with Gasteiger partial charge in [-0.05, 0) is 18.6 Å². The molecule has 1 aromatic heterocycles. The largest absolute Gasteiger partial charge is 0.147 e. The molecular formula is C21H31BrN2S. The van der Waals surface area contributed by atoms with Gasteiger partial charge < -0.3 is 0 Å². The van der Waals surface area contributed by atoms with Gasteiger partial charge in [-0.15, -0.1) is 10.2 Å². The second-order valence-corrected chi connectivity index (χ2v) is 8.77. The first-order valence-corrected chi connectivity index (χ1v) is 11.5. The Bertz CT molecular complexity index is 580. The van der Waals surface area contributed by atoms with Gasteiger partial charge in [0.25, 0.3) is 0 Å². The van der Waals surface area contributed by atoms with E-state index in [1.165, 1.54) is 75.6 Å². The number of aromatic nitrogens is 2. The van der Waals surface area contributed by atoms with Crippen LogP contribution in [0.15, 0.2) is 28.7 Å². The van der Waals surface area contributed by atoms with Crippen LogP contribution < -0.4 is 0 Å². The predicted octanol–water partition coefficient (Wildman–Crippen LogP) is 7.82. The zero-order valence-electron chi connectivity index (χ0n) is 15.5. The first-order chi connectivity index (χ1) is 12.3. The molecule has 0 atom stereocenters. The molecule has 4 heteroatoms. The van der Waals surface area contributed by atoms with Gasteiger partial charge in [0, 0.05) is 16.5 Å². The van der Waals surface area contributed by atoms with E-state index in [1.807, 2.05) is 0 Å². The predicted molar refractivity (Wildman–Crippen MR) is 113 cm³/mol. The minimum absolute atomic E-state index is 1.03. The van der Waals surface area contributed by atoms with Crippen LogP contribution in [0.3, 0.4) is 0 Å². The van der Waals surface area contributed by atoms with Crippen LogP contribution in [-0.4, -0.2) is 10.2 Å². The van der Waals surface area contributed by atoms with E-state index in [-0.39, 0.29) is 0 Å². The molecule has 0 saturated heterocycles. The third-order valence-electron chi connectivity index (χ3n) is 4.55. The summed E-state index contributed by atoms with van der Waals surface area (Å²) in [7, 11) is 0. The van der Waals surface area contributed by atoms with E-state index in [0.717, 1.165) is 21.5 Å². The average Bonchev–Trinajstić information content (AvgIpc) is 3.09. The van der Waals surface area contributed by atoms with Gasteiger partial charge in [0.15, 0.2) is 0 Å². The van der Waals surface area contributed by atoms with Crippen molar-refractivity contribution in [3.63, 3.8) is 0 Å². The summed E-state index contributed by atoms with van der Waals surface area (Å²) >= 11 is 5.20. The number of benzene rings is 1. The topological polar surface area (TPSA) is 25.8 Å². The number of rotatable bonds is 13. The normalized spacial score (nSPS) is 11.1. The fourth-order valence-corrected chi connectivity index (χ4v) is 4.16. The third-order valence-corrected chi connectivity index (χ3v) is 6.11. The first kappa shape index (κ1) is 20.6. The van der Waals surface area contributed by atoms with Crippen LogP contribution in [0.2, 0.25) is 0 Å². The molecule has 0 fully saturated rings. The SMILES string of the molecule is CCCCCCCCCCCCCc1nnc(-c2ccc(Br)cc2)s1. The van der Waals surface area contributed by atoms with E-state index in [4.69, 9.17) is 0 Å². The van der Waals surface area contributed by atoms with Crippen LogP contribution in [0, 0.1) is 0 Å². The van der Waals surface area contributed by atoms with Crippen molar-refractivity contribution in [1.82, 2.24) is 10.2 Å². The van der Waals surface area contributed by atoms with E-state index in [2.05, 4.69) is 57.3 Å². The quantitative estimate of drug-likeness (QED) is 0.307. The van der Waals surface area contributed by atoms with E-state index in [1.54, 1.807) is 11.3 Å². The zero-order chi connectivity index (χ0) is 17.7. The minimum atomic E-state index is 1.03. The molecule has 0 N–H and O–H groups in total. The second-order valence-electron chi connectivity index (χ2n) is 6.79. The van der Waals surface area contributed by atoms with Gasteiger partial charge >= 0.3 is 0 Å². The molecule has 1 heterocycles. The molecule has 0 saturated carbocycles. The van der Waals surface area contributed by atoms with Crippen molar-refractivity contribution in [3.05, 3.63) is 33.7 Å². The van der Waals surface area contributed by atoms with E-state index in [9.17, 15) is 0 Å². The third kappa shape index (κ3) is 8.46. The number of unbranched alkanes of at least 4 members (excludes halogenated alkanes) is 10. The molecule has 138 valence electrons. The molecule has 0 bridgehead atoms. The summed E-state index contributed by atoms with van der Waals surface area (Å²) in [5, 5.41) is 10.9. The van der Waals surface area contributed by atoms with Crippen molar-refractivity contribution in [2.45, 2.75) is 84.0 Å². The van der Waals surface area contributed by atoms with Crippen molar-refractivity contribution >= 4 is 27.3 Å². The summed E-state index contributed by atoms with van der Waals surface area (Å²) in [5.41, 5.74) is 1.16. The van der Waals surface area contributed by atoms with E-state index in [0.29, 0.717) is 0 Å². The van der Waals surface area contributed by atoms with E-state index < -0.39 is 0 Å². The molecule has 2 aromatic rings. The first-order valence-electron chi connectivity index (χ1n) is 9.88. The van der Waals surface area contributed by atoms with Crippen molar-refractivity contribution in [2.75, 3.05) is 0 Å². The summed E-state index contributed by atoms with van der Waals surface area (Å²) < 4.78 is 1.10. The maximum absolute atomic E-state index is 4.35. The van der Waals surface area contributed by atoms with Crippen LogP contribution in [0.5, 0.6) is 0 Å². The molecule has 0 radical (unpaired) electrons. The van der Waals surface area contributed by atoms with Gasteiger partial charge in [-0.25, -0.2) is 0 Å². The molecule has 2 nitrogen and oxygen atoms in total. The highest BCUT2D eigenvalue weighted by atomic mass is 79.9. The molecule has 0 spiro atoms. The summed E-state index contributed by atoms with van der Waals surface area (Å²) in [6, 6.07) is 8.30. The van der Waals surface area contributed by atoms with Crippen LogP contribution in [0.25, 0.3) is 10.6 Å². The molecule has 0 unspecified atom stereocenters. The molecule has 25 heavy (non-hydrogen) atoms. The van der Waals surface area contributed by atoms with Crippen LogP contribution in [0.1, 0.15) is 82.6 Å². The summed E-state index contributed by atoms with van der Waals surface area (Å²) in [6.45, 7) is 2.28. The van der Waals surface area contributed by atoms with Gasteiger partial charge in [-0.1, -0.05) is 111 Å². The Morgan fingerprint density at radius 3 is 1.92 bits per heavy atom. The molecule has 0 aliphatic rings. The van der Waals surface area contributed by atoms with Crippen LogP contribution >= 0.6 is 27.3 Å². The monoisotopic (exact) mass is 422 g/mol. The maximum atomic E-state index is 4.35. The lowest BCUT2D eigenvalue weighted by Gasteiger charge is -2.01. The summed E-state index contributed by atoms with van der Waals surface area (Å²) in [5.74, 6) is 0. The summed E-state index contributed by atoms with van der Waals surface area (Å²) in [6.07, 6.45) is 16.3. The van der Waals surface area contributed by atoms with Crippen molar-refractivity contribution < 1.29 is 0 Å². The molecular weight excluding hydrogens is 392 g/mol. The van der Waals surface area contributed by atoms with Crippen molar-refractivity contribution in [1.29, 1.82) is 0 Å². The zero-order valence-corrected chi connectivity index (χ0v) is 17.9. The van der Waals surface area contributed by atoms with Gasteiger partial charge in [0.1, 0.15) is 10.0 Å². The average molecular weight is 423 g/mol. The van der Waals surface area contributed by atoms with Gasteiger partial charge in [-0.2, -0.15) is 0 Å². The number of aryl methyl sites for hydroxylation is 1. The van der Waals surface area contributed by atoms with Gasteiger partial charge in [0.05, 0.1) is 0 Å². The lowest BCUT2D eigenvalue weighted by atomic mass is 10.1. The number of hydrogen-bond acceptors (Lipinski definition) is 3. The Hall–Kier alpha value is -0.740. The fourth-order valence-electron chi connectivity index (χ4n) is 3.00. The fraction of sp³-hybridized carbons (Fsp3) is 0.619. The van der Waals surface area contributed by atoms with Gasteiger partial charge in [-0.3, -0.25) is 0 Å². The molecule has 2 rings (SSSR count). The summed E-state index contributed by atoms with van der Waals surface area (Å²) in [4.78, 5) is 0. The Morgan fingerprint density at radius 1 is 0.760 bits per heavy atom. The number of halogens is 1. The Labute approximate surface area is 165 Å². The Kier molecular flexibility index (Phi) is 10.4. The standard InChI is InChI=1S/C21H31BrN2S/c1-2-3-4-5-6-7-8-9-10-11-12-13-20-23-24-21(25-20)18-14-16-19(22)17-15-18/h14-17H,2-13H2,1H3. The van der Waals surface area contributed by atoms with Crippen LogP contribution in [-0.2, 0) is 6.42 Å². The molecule has 0 aliphatic heterocycles. The van der Waals surface area contributed by atoms with Gasteiger partial charge in [0.2, 0.25) is 0 Å². The minimum Gasteiger partial charge on any atom is -0.143 e. The molecule has 0 aliphatic carbocycles. The maximum Gasteiger partial charge on any atom is 0.147 e. The smallest absolute Gasteiger partial charge is 0.143 e. The highest BCUT2D eigenvalue weighted by Gasteiger charge is 2.06. The lowest BCUT2D eigenvalue weighted by molar-refractivity contribution is 0.549. The highest BCUT2D eigenvalue weighted by Crippen LogP contribution is 2.25. The number of nitrogens with zero attached hydrogens (tertiary/aromatic N) is 2. The second kappa shape index (κ2) is 12.6. The molecule has 0 amide bonds. The lowest BCUT2D eigenvalue weighted by Crippen LogP contribution is -1.86. The van der Waals surface area contributed by atoms with Crippen molar-refractivity contribution in [3.8, 4) is 10.6 Å². The molecule has 1 aromatic carbocycles. The van der Waals surface area contributed by atoms with Crippen LogP contribution in [0.4, 0.5) is 0 Å². The Morgan fingerprint density at radius 2 is 1.32 bits per heavy atom.